The Balaban J connectivity index is 1.77. The number of fused-ring (bicyclic) bond motifs is 1. The standard InChI is InChI=1S/C20H19/c1-16(17-8-3-2-4-9-17)14-15-19-12-7-11-18-10-5-6-13-20(18)19/h2-13,15-16H,14H2,1H3. The van der Waals surface area contributed by atoms with Gasteiger partial charge in [0.1, 0.15) is 0 Å². The van der Waals surface area contributed by atoms with Crippen molar-refractivity contribution in [2.45, 2.75) is 19.3 Å². The molecular weight excluding hydrogens is 240 g/mol. The van der Waals surface area contributed by atoms with Crippen molar-refractivity contribution in [1.82, 2.24) is 0 Å². The second kappa shape index (κ2) is 5.92. The molecule has 0 aliphatic carbocycles. The fourth-order valence-electron chi connectivity index (χ4n) is 2.65. The molecule has 0 N–H and O–H groups in total. The zero-order valence-corrected chi connectivity index (χ0v) is 11.8. The van der Waals surface area contributed by atoms with Crippen molar-refractivity contribution in [2.24, 2.45) is 0 Å². The van der Waals surface area contributed by atoms with E-state index in [-0.39, 0.29) is 0 Å². The van der Waals surface area contributed by atoms with Crippen LogP contribution in [0.4, 0.5) is 0 Å². The molecule has 1 atom stereocenters. The second-order valence-electron chi connectivity index (χ2n) is 5.32. The van der Waals surface area contributed by atoms with Crippen LogP contribution in [0.2, 0.25) is 0 Å². The molecule has 0 saturated carbocycles. The molecule has 0 nitrogen and oxygen atoms in total. The minimum absolute atomic E-state index is 0.551. The highest BCUT2D eigenvalue weighted by Crippen LogP contribution is 2.26. The quantitative estimate of drug-likeness (QED) is 0.573. The lowest BCUT2D eigenvalue weighted by Crippen LogP contribution is -1.95. The van der Waals surface area contributed by atoms with Gasteiger partial charge in [-0.15, -0.1) is 0 Å². The van der Waals surface area contributed by atoms with Crippen LogP contribution in [0.15, 0.2) is 72.8 Å². The molecule has 0 heterocycles. The maximum absolute atomic E-state index is 2.36. The molecule has 20 heavy (non-hydrogen) atoms. The summed E-state index contributed by atoms with van der Waals surface area (Å²) in [5, 5.41) is 2.66. The summed E-state index contributed by atoms with van der Waals surface area (Å²) in [6.45, 7) is 2.29. The normalized spacial score (nSPS) is 12.4. The lowest BCUT2D eigenvalue weighted by atomic mass is 9.92. The fraction of sp³-hybridized carbons (Fsp3) is 0.150. The molecule has 0 fully saturated rings. The van der Waals surface area contributed by atoms with Gasteiger partial charge in [0, 0.05) is 0 Å². The zero-order chi connectivity index (χ0) is 13.8. The van der Waals surface area contributed by atoms with Crippen molar-refractivity contribution >= 4 is 10.8 Å². The van der Waals surface area contributed by atoms with Crippen LogP contribution in [-0.4, -0.2) is 0 Å². The average molecular weight is 259 g/mol. The Labute approximate surface area is 121 Å². The van der Waals surface area contributed by atoms with Crippen molar-refractivity contribution in [3.05, 3.63) is 90.3 Å². The van der Waals surface area contributed by atoms with Gasteiger partial charge in [0.05, 0.1) is 0 Å². The van der Waals surface area contributed by atoms with Gasteiger partial charge in [0.25, 0.3) is 0 Å². The van der Waals surface area contributed by atoms with Crippen LogP contribution in [-0.2, 0) is 0 Å². The SMILES string of the molecule is CC(C[CH]c1cccc2ccccc12)c1ccccc1. The van der Waals surface area contributed by atoms with Crippen molar-refractivity contribution in [3.63, 3.8) is 0 Å². The molecule has 99 valence electrons. The highest BCUT2D eigenvalue weighted by atomic mass is 14.1. The van der Waals surface area contributed by atoms with E-state index in [1.807, 2.05) is 0 Å². The molecule has 0 aliphatic rings. The molecule has 0 aliphatic heterocycles. The van der Waals surface area contributed by atoms with Crippen LogP contribution in [0.5, 0.6) is 0 Å². The molecule has 0 bridgehead atoms. The van der Waals surface area contributed by atoms with E-state index in [1.165, 1.54) is 21.9 Å². The first kappa shape index (κ1) is 12.9. The molecule has 0 heteroatoms. The van der Waals surface area contributed by atoms with E-state index >= 15 is 0 Å². The van der Waals surface area contributed by atoms with E-state index in [9.17, 15) is 0 Å². The van der Waals surface area contributed by atoms with E-state index in [1.54, 1.807) is 0 Å². The molecule has 3 aromatic rings. The average Bonchev–Trinajstić information content (AvgIpc) is 2.53. The molecule has 3 aromatic carbocycles. The topological polar surface area (TPSA) is 0 Å². The summed E-state index contributed by atoms with van der Waals surface area (Å²) in [5.41, 5.74) is 2.75. The predicted octanol–water partition coefficient (Wildman–Crippen LogP) is 5.59. The Kier molecular flexibility index (Phi) is 3.83. The van der Waals surface area contributed by atoms with Crippen LogP contribution in [0.1, 0.15) is 30.4 Å². The van der Waals surface area contributed by atoms with E-state index in [2.05, 4.69) is 86.1 Å². The third-order valence-corrected chi connectivity index (χ3v) is 3.88. The van der Waals surface area contributed by atoms with Gasteiger partial charge in [-0.3, -0.25) is 0 Å². The lowest BCUT2D eigenvalue weighted by molar-refractivity contribution is 0.756. The molecule has 0 saturated heterocycles. The van der Waals surface area contributed by atoms with Crippen LogP contribution in [0.25, 0.3) is 10.8 Å². The smallest absolute Gasteiger partial charge is 0.00808 e. The third kappa shape index (κ3) is 2.75. The molecule has 0 spiro atoms. The summed E-state index contributed by atoms with van der Waals surface area (Å²) >= 11 is 0. The van der Waals surface area contributed by atoms with Crippen LogP contribution >= 0.6 is 0 Å². The summed E-state index contributed by atoms with van der Waals surface area (Å²) in [5.74, 6) is 0.551. The first-order valence-corrected chi connectivity index (χ1v) is 7.20. The number of hydrogen-bond acceptors (Lipinski definition) is 0. The molecule has 0 amide bonds. The second-order valence-corrected chi connectivity index (χ2v) is 5.32. The summed E-state index contributed by atoms with van der Waals surface area (Å²) in [7, 11) is 0. The highest BCUT2D eigenvalue weighted by Gasteiger charge is 2.07. The van der Waals surface area contributed by atoms with E-state index in [0.717, 1.165) is 6.42 Å². The van der Waals surface area contributed by atoms with Gasteiger partial charge in [-0.25, -0.2) is 0 Å². The summed E-state index contributed by atoms with van der Waals surface area (Å²) in [4.78, 5) is 0. The monoisotopic (exact) mass is 259 g/mol. The third-order valence-electron chi connectivity index (χ3n) is 3.88. The number of benzene rings is 3. The van der Waals surface area contributed by atoms with Gasteiger partial charge in [-0.2, -0.15) is 0 Å². The molecule has 0 aromatic heterocycles. The summed E-state index contributed by atoms with van der Waals surface area (Å²) in [6.07, 6.45) is 3.43. The van der Waals surface area contributed by atoms with E-state index < -0.39 is 0 Å². The van der Waals surface area contributed by atoms with Crippen molar-refractivity contribution in [1.29, 1.82) is 0 Å². The van der Waals surface area contributed by atoms with Crippen LogP contribution in [0, 0.1) is 6.42 Å². The van der Waals surface area contributed by atoms with Gasteiger partial charge >= 0.3 is 0 Å². The van der Waals surface area contributed by atoms with Crippen molar-refractivity contribution in [3.8, 4) is 0 Å². The lowest BCUT2D eigenvalue weighted by Gasteiger charge is -2.12. The van der Waals surface area contributed by atoms with Gasteiger partial charge in [0.15, 0.2) is 0 Å². The minimum Gasteiger partial charge on any atom is -0.0622 e. The Hall–Kier alpha value is -2.08. The molecule has 1 unspecified atom stereocenters. The largest absolute Gasteiger partial charge is 0.0622 e. The maximum atomic E-state index is 2.36. The maximum Gasteiger partial charge on any atom is -0.00808 e. The number of hydrogen-bond donors (Lipinski definition) is 0. The van der Waals surface area contributed by atoms with Gasteiger partial charge < -0.3 is 0 Å². The van der Waals surface area contributed by atoms with E-state index in [4.69, 9.17) is 0 Å². The van der Waals surface area contributed by atoms with Crippen molar-refractivity contribution in [2.75, 3.05) is 0 Å². The first-order chi connectivity index (χ1) is 9.84. The molecule has 1 radical (unpaired) electrons. The Morgan fingerprint density at radius 1 is 0.800 bits per heavy atom. The van der Waals surface area contributed by atoms with Gasteiger partial charge in [-0.05, 0) is 40.7 Å². The van der Waals surface area contributed by atoms with Gasteiger partial charge in [-0.1, -0.05) is 79.7 Å². The van der Waals surface area contributed by atoms with Gasteiger partial charge in [0.2, 0.25) is 0 Å². The highest BCUT2D eigenvalue weighted by molar-refractivity contribution is 5.86. The Morgan fingerprint density at radius 2 is 1.50 bits per heavy atom. The van der Waals surface area contributed by atoms with Crippen LogP contribution < -0.4 is 0 Å². The van der Waals surface area contributed by atoms with Crippen molar-refractivity contribution < 1.29 is 0 Å². The molecular formula is C20H19. The fourth-order valence-corrected chi connectivity index (χ4v) is 2.65. The van der Waals surface area contributed by atoms with Crippen LogP contribution in [0.3, 0.4) is 0 Å². The number of rotatable bonds is 4. The zero-order valence-electron chi connectivity index (χ0n) is 11.8. The predicted molar refractivity (Wildman–Crippen MR) is 86.8 cm³/mol. The van der Waals surface area contributed by atoms with E-state index in [0.29, 0.717) is 5.92 Å². The first-order valence-electron chi connectivity index (χ1n) is 7.20. The Bertz CT molecular complexity index is 677. The Morgan fingerprint density at radius 3 is 2.35 bits per heavy atom. The minimum atomic E-state index is 0.551. The summed E-state index contributed by atoms with van der Waals surface area (Å²) in [6, 6.07) is 25.8. The molecule has 3 rings (SSSR count). The summed E-state index contributed by atoms with van der Waals surface area (Å²) < 4.78 is 0.